The molecule has 3 aromatic carbocycles. The van der Waals surface area contributed by atoms with Gasteiger partial charge in [-0.05, 0) is 79.9 Å². The minimum atomic E-state index is -0.374. The Labute approximate surface area is 187 Å². The Hall–Kier alpha value is -3.31. The zero-order valence-electron chi connectivity index (χ0n) is 17.3. The molecule has 1 heterocycles. The van der Waals surface area contributed by atoms with E-state index >= 15 is 0 Å². The summed E-state index contributed by atoms with van der Waals surface area (Å²) in [4.78, 5) is 27.3. The Kier molecular flexibility index (Phi) is 6.23. The summed E-state index contributed by atoms with van der Waals surface area (Å²) in [6.07, 6.45) is 1.97. The number of anilines is 3. The molecule has 0 saturated carbocycles. The first-order valence-corrected chi connectivity index (χ1v) is 10.7. The van der Waals surface area contributed by atoms with Crippen LogP contribution in [0.4, 0.5) is 17.1 Å². The van der Waals surface area contributed by atoms with Crippen LogP contribution in [0.5, 0.6) is 0 Å². The zero-order chi connectivity index (χ0) is 21.8. The highest BCUT2D eigenvalue weighted by atomic mass is 35.5. The SMILES string of the molecule is CC(Nc1ccc(NC(=O)c2ccc(Cl)cc2)cc1)C(=O)N1CCCc2ccccc21. The average Bonchev–Trinajstić information content (AvgIpc) is 2.80. The summed E-state index contributed by atoms with van der Waals surface area (Å²) in [7, 11) is 0. The summed E-state index contributed by atoms with van der Waals surface area (Å²) in [6, 6.07) is 21.8. The van der Waals surface area contributed by atoms with Gasteiger partial charge in [0.2, 0.25) is 5.91 Å². The number of rotatable bonds is 5. The van der Waals surface area contributed by atoms with Crippen molar-refractivity contribution in [2.75, 3.05) is 22.1 Å². The van der Waals surface area contributed by atoms with Crippen LogP contribution in [0.15, 0.2) is 72.8 Å². The summed E-state index contributed by atoms with van der Waals surface area (Å²) in [5, 5.41) is 6.72. The second kappa shape index (κ2) is 9.23. The summed E-state index contributed by atoms with van der Waals surface area (Å²) < 4.78 is 0. The van der Waals surface area contributed by atoms with Gasteiger partial charge in [-0.25, -0.2) is 0 Å². The predicted molar refractivity (Wildman–Crippen MR) is 126 cm³/mol. The molecule has 0 bridgehead atoms. The minimum Gasteiger partial charge on any atom is -0.374 e. The summed E-state index contributed by atoms with van der Waals surface area (Å²) in [5.74, 6) is -0.156. The zero-order valence-corrected chi connectivity index (χ0v) is 18.0. The Morgan fingerprint density at radius 2 is 1.61 bits per heavy atom. The fraction of sp³-hybridized carbons (Fsp3) is 0.200. The van der Waals surface area contributed by atoms with E-state index in [1.54, 1.807) is 24.3 Å². The number of amides is 2. The third-order valence-corrected chi connectivity index (χ3v) is 5.63. The van der Waals surface area contributed by atoms with E-state index in [0.717, 1.165) is 30.8 Å². The van der Waals surface area contributed by atoms with E-state index in [9.17, 15) is 9.59 Å². The Morgan fingerprint density at radius 3 is 2.35 bits per heavy atom. The van der Waals surface area contributed by atoms with Crippen molar-refractivity contribution < 1.29 is 9.59 Å². The molecule has 2 N–H and O–H groups in total. The number of hydrogen-bond acceptors (Lipinski definition) is 3. The molecule has 1 aliphatic heterocycles. The van der Waals surface area contributed by atoms with Gasteiger partial charge in [0.15, 0.2) is 0 Å². The van der Waals surface area contributed by atoms with Gasteiger partial charge in [0.25, 0.3) is 5.91 Å². The van der Waals surface area contributed by atoms with Crippen LogP contribution in [-0.2, 0) is 11.2 Å². The molecule has 1 aliphatic rings. The van der Waals surface area contributed by atoms with Crippen LogP contribution in [0, 0.1) is 0 Å². The second-order valence-electron chi connectivity index (χ2n) is 7.63. The minimum absolute atomic E-state index is 0.0484. The molecule has 6 heteroatoms. The third kappa shape index (κ3) is 4.89. The highest BCUT2D eigenvalue weighted by molar-refractivity contribution is 6.30. The number of aryl methyl sites for hydroxylation is 1. The highest BCUT2D eigenvalue weighted by Crippen LogP contribution is 2.27. The molecule has 0 radical (unpaired) electrons. The van der Waals surface area contributed by atoms with Gasteiger partial charge in [-0.15, -0.1) is 0 Å². The molecule has 0 fully saturated rings. The summed E-state index contributed by atoms with van der Waals surface area (Å²) in [5.41, 5.74) is 4.25. The van der Waals surface area contributed by atoms with Crippen LogP contribution >= 0.6 is 11.6 Å². The van der Waals surface area contributed by atoms with Crippen LogP contribution in [0.1, 0.15) is 29.3 Å². The number of halogens is 1. The van der Waals surface area contributed by atoms with Crippen LogP contribution in [0.2, 0.25) is 5.02 Å². The summed E-state index contributed by atoms with van der Waals surface area (Å²) >= 11 is 5.87. The molecule has 1 unspecified atom stereocenters. The molecule has 0 saturated heterocycles. The maximum Gasteiger partial charge on any atom is 0.255 e. The number of nitrogens with zero attached hydrogens (tertiary/aromatic N) is 1. The largest absolute Gasteiger partial charge is 0.374 e. The average molecular weight is 434 g/mol. The van der Waals surface area contributed by atoms with Gasteiger partial charge in [0, 0.05) is 34.2 Å². The molecule has 0 aromatic heterocycles. The molecular weight excluding hydrogens is 410 g/mol. The lowest BCUT2D eigenvalue weighted by Crippen LogP contribution is -2.44. The molecule has 5 nitrogen and oxygen atoms in total. The van der Waals surface area contributed by atoms with E-state index in [1.807, 2.05) is 54.3 Å². The van der Waals surface area contributed by atoms with Gasteiger partial charge in [0.1, 0.15) is 6.04 Å². The monoisotopic (exact) mass is 433 g/mol. The first-order valence-electron chi connectivity index (χ1n) is 10.3. The van der Waals surface area contributed by atoms with Crippen molar-refractivity contribution >= 4 is 40.5 Å². The van der Waals surface area contributed by atoms with Crippen LogP contribution in [0.25, 0.3) is 0 Å². The molecule has 4 rings (SSSR count). The fourth-order valence-electron chi connectivity index (χ4n) is 3.76. The topological polar surface area (TPSA) is 61.4 Å². The lowest BCUT2D eigenvalue weighted by atomic mass is 10.0. The van der Waals surface area contributed by atoms with Gasteiger partial charge >= 0.3 is 0 Å². The van der Waals surface area contributed by atoms with Gasteiger partial charge < -0.3 is 15.5 Å². The Balaban J connectivity index is 1.38. The van der Waals surface area contributed by atoms with Crippen molar-refractivity contribution in [3.05, 3.63) is 88.9 Å². The van der Waals surface area contributed by atoms with Crippen molar-refractivity contribution in [1.29, 1.82) is 0 Å². The number of nitrogens with one attached hydrogen (secondary N) is 2. The molecule has 31 heavy (non-hydrogen) atoms. The predicted octanol–water partition coefficient (Wildman–Crippen LogP) is 5.37. The number of fused-ring (bicyclic) bond motifs is 1. The van der Waals surface area contributed by atoms with Gasteiger partial charge in [-0.3, -0.25) is 9.59 Å². The molecule has 1 atom stereocenters. The van der Waals surface area contributed by atoms with E-state index < -0.39 is 0 Å². The van der Waals surface area contributed by atoms with Crippen molar-refractivity contribution in [3.8, 4) is 0 Å². The molecule has 3 aromatic rings. The van der Waals surface area contributed by atoms with Crippen molar-refractivity contribution in [2.24, 2.45) is 0 Å². The first-order chi connectivity index (χ1) is 15.0. The second-order valence-corrected chi connectivity index (χ2v) is 8.06. The Morgan fingerprint density at radius 1 is 0.935 bits per heavy atom. The normalized spacial score (nSPS) is 13.8. The van der Waals surface area contributed by atoms with Crippen LogP contribution < -0.4 is 15.5 Å². The molecule has 0 spiro atoms. The van der Waals surface area contributed by atoms with E-state index in [2.05, 4.69) is 16.7 Å². The number of carbonyl (C=O) groups is 2. The standard InChI is InChI=1S/C25H24ClN3O2/c1-17(25(31)29-16-4-6-18-5-2-3-7-23(18)29)27-21-12-14-22(15-13-21)28-24(30)19-8-10-20(26)11-9-19/h2-3,5,7-15,17,27H,4,6,16H2,1H3,(H,28,30). The van der Waals surface area contributed by atoms with Crippen LogP contribution in [0.3, 0.4) is 0 Å². The highest BCUT2D eigenvalue weighted by Gasteiger charge is 2.26. The number of benzene rings is 3. The van der Waals surface area contributed by atoms with E-state index in [1.165, 1.54) is 5.56 Å². The molecular formula is C25H24ClN3O2. The van der Waals surface area contributed by atoms with E-state index in [0.29, 0.717) is 16.3 Å². The lowest BCUT2D eigenvalue weighted by molar-refractivity contribution is -0.119. The molecule has 158 valence electrons. The molecule has 0 aliphatic carbocycles. The van der Waals surface area contributed by atoms with Crippen molar-refractivity contribution in [1.82, 2.24) is 0 Å². The van der Waals surface area contributed by atoms with Crippen molar-refractivity contribution in [2.45, 2.75) is 25.8 Å². The first kappa shape index (κ1) is 20.9. The quantitative estimate of drug-likeness (QED) is 0.568. The van der Waals surface area contributed by atoms with Crippen molar-refractivity contribution in [3.63, 3.8) is 0 Å². The smallest absolute Gasteiger partial charge is 0.255 e. The number of para-hydroxylation sites is 1. The van der Waals surface area contributed by atoms with E-state index in [4.69, 9.17) is 11.6 Å². The lowest BCUT2D eigenvalue weighted by Gasteiger charge is -2.32. The van der Waals surface area contributed by atoms with E-state index in [-0.39, 0.29) is 17.9 Å². The maximum absolute atomic E-state index is 13.1. The maximum atomic E-state index is 13.1. The third-order valence-electron chi connectivity index (χ3n) is 5.38. The fourth-order valence-corrected chi connectivity index (χ4v) is 3.89. The van der Waals surface area contributed by atoms with Gasteiger partial charge in [-0.2, -0.15) is 0 Å². The summed E-state index contributed by atoms with van der Waals surface area (Å²) in [6.45, 7) is 2.60. The number of carbonyl (C=O) groups excluding carboxylic acids is 2. The molecule has 2 amide bonds. The van der Waals surface area contributed by atoms with Crippen LogP contribution in [-0.4, -0.2) is 24.4 Å². The Bertz CT molecular complexity index is 1080. The number of hydrogen-bond donors (Lipinski definition) is 2. The van der Waals surface area contributed by atoms with Gasteiger partial charge in [-0.1, -0.05) is 29.8 Å². The van der Waals surface area contributed by atoms with Gasteiger partial charge in [0.05, 0.1) is 0 Å².